The quantitative estimate of drug-likeness (QED) is 0.619. The van der Waals surface area contributed by atoms with E-state index in [1.165, 1.54) is 16.4 Å². The SMILES string of the molecule is CCOC(=O)Cn1nc(-c2ccc(C)c(S(=O)(=O)N(CC)CC)c2)ccc1=O. The molecule has 0 saturated carbocycles. The van der Waals surface area contributed by atoms with Crippen LogP contribution in [0.5, 0.6) is 0 Å². The maximum Gasteiger partial charge on any atom is 0.327 e. The Kier molecular flexibility index (Phi) is 7.09. The van der Waals surface area contributed by atoms with Crippen LogP contribution >= 0.6 is 0 Å². The van der Waals surface area contributed by atoms with Gasteiger partial charge in [0.25, 0.3) is 5.56 Å². The van der Waals surface area contributed by atoms with E-state index in [9.17, 15) is 18.0 Å². The third kappa shape index (κ3) is 4.66. The van der Waals surface area contributed by atoms with E-state index < -0.39 is 21.6 Å². The average Bonchev–Trinajstić information content (AvgIpc) is 2.65. The zero-order valence-corrected chi connectivity index (χ0v) is 17.3. The van der Waals surface area contributed by atoms with E-state index in [1.807, 2.05) is 0 Å². The summed E-state index contributed by atoms with van der Waals surface area (Å²) in [6.45, 7) is 7.61. The van der Waals surface area contributed by atoms with Gasteiger partial charge in [0.05, 0.1) is 17.2 Å². The van der Waals surface area contributed by atoms with Crippen LogP contribution in [-0.4, -0.2) is 48.2 Å². The lowest BCUT2D eigenvalue weighted by Crippen LogP contribution is -2.31. The minimum absolute atomic E-state index is 0.193. The van der Waals surface area contributed by atoms with Crippen molar-refractivity contribution in [1.29, 1.82) is 0 Å². The molecule has 152 valence electrons. The molecule has 0 amide bonds. The third-order valence-corrected chi connectivity index (χ3v) is 6.45. The fraction of sp³-hybridized carbons (Fsp3) is 0.421. The Balaban J connectivity index is 2.50. The van der Waals surface area contributed by atoms with Crippen molar-refractivity contribution in [2.75, 3.05) is 19.7 Å². The fourth-order valence-electron chi connectivity index (χ4n) is 2.79. The van der Waals surface area contributed by atoms with Gasteiger partial charge in [0.1, 0.15) is 6.54 Å². The second kappa shape index (κ2) is 9.11. The second-order valence-electron chi connectivity index (χ2n) is 6.09. The van der Waals surface area contributed by atoms with Crippen LogP contribution in [0.4, 0.5) is 0 Å². The van der Waals surface area contributed by atoms with Gasteiger partial charge in [-0.25, -0.2) is 13.1 Å². The summed E-state index contributed by atoms with van der Waals surface area (Å²) >= 11 is 0. The van der Waals surface area contributed by atoms with E-state index in [-0.39, 0.29) is 18.0 Å². The van der Waals surface area contributed by atoms with E-state index >= 15 is 0 Å². The van der Waals surface area contributed by atoms with Crippen molar-refractivity contribution in [3.05, 3.63) is 46.2 Å². The fourth-order valence-corrected chi connectivity index (χ4v) is 4.49. The molecule has 1 heterocycles. The van der Waals surface area contributed by atoms with Gasteiger partial charge in [-0.1, -0.05) is 26.0 Å². The Bertz CT molecular complexity index is 1010. The number of nitrogens with zero attached hydrogens (tertiary/aromatic N) is 3. The molecule has 0 aliphatic heterocycles. The average molecular weight is 407 g/mol. The van der Waals surface area contributed by atoms with Crippen molar-refractivity contribution in [2.24, 2.45) is 0 Å². The predicted molar refractivity (Wildman–Crippen MR) is 105 cm³/mol. The van der Waals surface area contributed by atoms with E-state index in [4.69, 9.17) is 4.74 Å². The van der Waals surface area contributed by atoms with Gasteiger partial charge in [-0.05, 0) is 31.5 Å². The number of aryl methyl sites for hydroxylation is 1. The molecule has 0 radical (unpaired) electrons. The first-order valence-corrected chi connectivity index (χ1v) is 10.5. The molecule has 0 spiro atoms. The van der Waals surface area contributed by atoms with E-state index in [0.717, 1.165) is 4.68 Å². The first-order chi connectivity index (χ1) is 13.2. The standard InChI is InChI=1S/C19H25N3O5S/c1-5-21(6-2)28(25,26)17-12-15(9-8-14(17)4)16-10-11-18(23)22(20-16)13-19(24)27-7-3/h8-12H,5-7,13H2,1-4H3. The highest BCUT2D eigenvalue weighted by molar-refractivity contribution is 7.89. The van der Waals surface area contributed by atoms with Crippen LogP contribution < -0.4 is 5.56 Å². The second-order valence-corrected chi connectivity index (χ2v) is 8.00. The molecule has 0 unspecified atom stereocenters. The highest BCUT2D eigenvalue weighted by Crippen LogP contribution is 2.25. The van der Waals surface area contributed by atoms with Gasteiger partial charge in [0.2, 0.25) is 10.0 Å². The van der Waals surface area contributed by atoms with Gasteiger partial charge in [0, 0.05) is 24.7 Å². The predicted octanol–water partition coefficient (Wildman–Crippen LogP) is 1.81. The summed E-state index contributed by atoms with van der Waals surface area (Å²) in [4.78, 5) is 23.9. The molecule has 9 heteroatoms. The molecule has 0 aliphatic rings. The summed E-state index contributed by atoms with van der Waals surface area (Å²) in [7, 11) is -3.64. The maximum atomic E-state index is 12.9. The molecular formula is C19H25N3O5S. The van der Waals surface area contributed by atoms with E-state index in [0.29, 0.717) is 29.9 Å². The molecule has 1 aromatic carbocycles. The van der Waals surface area contributed by atoms with Gasteiger partial charge >= 0.3 is 5.97 Å². The monoisotopic (exact) mass is 407 g/mol. The Morgan fingerprint density at radius 1 is 1.14 bits per heavy atom. The van der Waals surface area contributed by atoms with Gasteiger partial charge in [0.15, 0.2) is 0 Å². The number of carbonyl (C=O) groups is 1. The van der Waals surface area contributed by atoms with Gasteiger partial charge in [-0.15, -0.1) is 0 Å². The Labute approximate surface area is 164 Å². The molecule has 1 aromatic heterocycles. The molecule has 0 atom stereocenters. The molecule has 8 nitrogen and oxygen atoms in total. The molecule has 2 rings (SSSR count). The Morgan fingerprint density at radius 3 is 2.43 bits per heavy atom. The highest BCUT2D eigenvalue weighted by Gasteiger charge is 2.24. The van der Waals surface area contributed by atoms with Crippen LogP contribution in [0.25, 0.3) is 11.3 Å². The normalized spacial score (nSPS) is 11.6. The lowest BCUT2D eigenvalue weighted by atomic mass is 10.1. The van der Waals surface area contributed by atoms with Crippen LogP contribution in [0.1, 0.15) is 26.3 Å². The number of esters is 1. The summed E-state index contributed by atoms with van der Waals surface area (Å²) < 4.78 is 33.1. The van der Waals surface area contributed by atoms with Crippen LogP contribution in [-0.2, 0) is 26.1 Å². The van der Waals surface area contributed by atoms with Crippen LogP contribution in [0.15, 0.2) is 40.0 Å². The minimum Gasteiger partial charge on any atom is -0.465 e. The minimum atomic E-state index is -3.64. The number of hydrogen-bond donors (Lipinski definition) is 0. The molecule has 2 aromatic rings. The Hall–Kier alpha value is -2.52. The van der Waals surface area contributed by atoms with Crippen molar-refractivity contribution in [3.8, 4) is 11.3 Å². The maximum absolute atomic E-state index is 12.9. The van der Waals surface area contributed by atoms with Crippen molar-refractivity contribution in [2.45, 2.75) is 39.1 Å². The van der Waals surface area contributed by atoms with Crippen molar-refractivity contribution < 1.29 is 17.9 Å². The smallest absolute Gasteiger partial charge is 0.327 e. The number of carbonyl (C=O) groups excluding carboxylic acids is 1. The van der Waals surface area contributed by atoms with Gasteiger partial charge in [-0.2, -0.15) is 9.40 Å². The zero-order chi connectivity index (χ0) is 20.9. The van der Waals surface area contributed by atoms with Gasteiger partial charge < -0.3 is 4.74 Å². The molecule has 28 heavy (non-hydrogen) atoms. The van der Waals surface area contributed by atoms with Crippen LogP contribution in [0.3, 0.4) is 0 Å². The molecule has 0 N–H and O–H groups in total. The summed E-state index contributed by atoms with van der Waals surface area (Å²) in [5.74, 6) is -0.567. The topological polar surface area (TPSA) is 98.6 Å². The third-order valence-electron chi connectivity index (χ3n) is 4.26. The number of hydrogen-bond acceptors (Lipinski definition) is 6. The molecule has 0 fully saturated rings. The summed E-state index contributed by atoms with van der Waals surface area (Å²) in [6.07, 6.45) is 0. The first-order valence-electron chi connectivity index (χ1n) is 9.09. The highest BCUT2D eigenvalue weighted by atomic mass is 32.2. The largest absolute Gasteiger partial charge is 0.465 e. The summed E-state index contributed by atoms with van der Waals surface area (Å²) in [5, 5.41) is 4.20. The van der Waals surface area contributed by atoms with Crippen molar-refractivity contribution in [1.82, 2.24) is 14.1 Å². The number of rotatable bonds is 8. The summed E-state index contributed by atoms with van der Waals surface area (Å²) in [5.41, 5.74) is 1.10. The van der Waals surface area contributed by atoms with Crippen molar-refractivity contribution in [3.63, 3.8) is 0 Å². The van der Waals surface area contributed by atoms with Crippen LogP contribution in [0.2, 0.25) is 0 Å². The van der Waals surface area contributed by atoms with Crippen molar-refractivity contribution >= 4 is 16.0 Å². The van der Waals surface area contributed by atoms with E-state index in [2.05, 4.69) is 5.10 Å². The Morgan fingerprint density at radius 2 is 1.82 bits per heavy atom. The molecule has 0 aliphatic carbocycles. The van der Waals surface area contributed by atoms with E-state index in [1.54, 1.807) is 45.9 Å². The van der Waals surface area contributed by atoms with Crippen LogP contribution in [0, 0.1) is 6.92 Å². The molecular weight excluding hydrogens is 382 g/mol. The van der Waals surface area contributed by atoms with Gasteiger partial charge in [-0.3, -0.25) is 9.59 Å². The molecule has 0 saturated heterocycles. The lowest BCUT2D eigenvalue weighted by Gasteiger charge is -2.20. The zero-order valence-electron chi connectivity index (χ0n) is 16.5. The number of benzene rings is 1. The number of ether oxygens (including phenoxy) is 1. The number of sulfonamides is 1. The first kappa shape index (κ1) is 21.8. The molecule has 0 bridgehead atoms. The lowest BCUT2D eigenvalue weighted by molar-refractivity contribution is -0.144. The number of aromatic nitrogens is 2. The summed E-state index contributed by atoms with van der Waals surface area (Å²) in [6, 6.07) is 7.78.